The Balaban J connectivity index is 2.70. The molecular formula is C8H8OS. The van der Waals surface area contributed by atoms with Crippen LogP contribution in [0.4, 0.5) is 0 Å². The lowest BCUT2D eigenvalue weighted by molar-refractivity contribution is 0.285. The lowest BCUT2D eigenvalue weighted by atomic mass is 10.3. The van der Waals surface area contributed by atoms with Crippen LogP contribution in [-0.2, 0) is 13.0 Å². The van der Waals surface area contributed by atoms with Crippen LogP contribution in [0.5, 0.6) is 0 Å². The monoisotopic (exact) mass is 152 g/mol. The summed E-state index contributed by atoms with van der Waals surface area (Å²) in [7, 11) is 0. The maximum absolute atomic E-state index is 8.68. The fourth-order valence-corrected chi connectivity index (χ4v) is 1.53. The molecular weight excluding hydrogens is 144 g/mol. The molecule has 1 aromatic rings. The van der Waals surface area contributed by atoms with Gasteiger partial charge in [-0.25, -0.2) is 0 Å². The molecule has 1 rings (SSSR count). The average molecular weight is 152 g/mol. The molecule has 0 saturated carbocycles. The van der Waals surface area contributed by atoms with E-state index in [4.69, 9.17) is 11.5 Å². The molecule has 0 radical (unpaired) electrons. The molecule has 0 aliphatic heterocycles. The van der Waals surface area contributed by atoms with E-state index in [0.29, 0.717) is 6.42 Å². The van der Waals surface area contributed by atoms with E-state index in [-0.39, 0.29) is 6.61 Å². The summed E-state index contributed by atoms with van der Waals surface area (Å²) in [5.41, 5.74) is 0. The number of rotatable bonds is 2. The maximum Gasteiger partial charge on any atom is 0.0774 e. The van der Waals surface area contributed by atoms with Crippen molar-refractivity contribution in [2.24, 2.45) is 0 Å². The molecule has 0 amide bonds. The van der Waals surface area contributed by atoms with Gasteiger partial charge in [-0.3, -0.25) is 0 Å². The van der Waals surface area contributed by atoms with Crippen molar-refractivity contribution in [3.63, 3.8) is 0 Å². The first-order valence-electron chi connectivity index (χ1n) is 2.98. The van der Waals surface area contributed by atoms with Crippen molar-refractivity contribution in [3.05, 3.63) is 21.9 Å². The molecule has 1 heterocycles. The number of hydrogen-bond donors (Lipinski definition) is 1. The molecule has 0 aliphatic carbocycles. The predicted octanol–water partition coefficient (Wildman–Crippen LogP) is 1.42. The molecule has 0 bridgehead atoms. The SMILES string of the molecule is C#CCc1ccc(CO)s1. The van der Waals surface area contributed by atoms with E-state index < -0.39 is 0 Å². The van der Waals surface area contributed by atoms with Gasteiger partial charge in [0.1, 0.15) is 0 Å². The van der Waals surface area contributed by atoms with Crippen molar-refractivity contribution < 1.29 is 5.11 Å². The van der Waals surface area contributed by atoms with E-state index >= 15 is 0 Å². The lowest BCUT2D eigenvalue weighted by Crippen LogP contribution is -1.71. The Morgan fingerprint density at radius 2 is 2.20 bits per heavy atom. The summed E-state index contributed by atoms with van der Waals surface area (Å²) in [5, 5.41) is 8.68. The Labute approximate surface area is 64.3 Å². The Morgan fingerprint density at radius 3 is 2.70 bits per heavy atom. The molecule has 52 valence electrons. The molecule has 0 spiro atoms. The number of hydrogen-bond acceptors (Lipinski definition) is 2. The highest BCUT2D eigenvalue weighted by molar-refractivity contribution is 7.11. The van der Waals surface area contributed by atoms with Gasteiger partial charge in [0.05, 0.1) is 6.61 Å². The number of terminal acetylenes is 1. The number of thiophene rings is 1. The zero-order chi connectivity index (χ0) is 7.40. The minimum Gasteiger partial charge on any atom is -0.391 e. The summed E-state index contributed by atoms with van der Waals surface area (Å²) in [5.74, 6) is 2.55. The van der Waals surface area contributed by atoms with Crippen LogP contribution in [0.2, 0.25) is 0 Å². The van der Waals surface area contributed by atoms with Crippen molar-refractivity contribution >= 4 is 11.3 Å². The molecule has 0 unspecified atom stereocenters. The zero-order valence-electron chi connectivity index (χ0n) is 5.50. The standard InChI is InChI=1S/C8H8OS/c1-2-3-7-4-5-8(6-9)10-7/h1,4-5,9H,3,6H2. The van der Waals surface area contributed by atoms with E-state index in [1.165, 1.54) is 0 Å². The highest BCUT2D eigenvalue weighted by atomic mass is 32.1. The van der Waals surface area contributed by atoms with Gasteiger partial charge < -0.3 is 5.11 Å². The topological polar surface area (TPSA) is 20.2 Å². The largest absolute Gasteiger partial charge is 0.391 e. The summed E-state index contributed by atoms with van der Waals surface area (Å²) in [6.07, 6.45) is 5.78. The quantitative estimate of drug-likeness (QED) is 0.635. The Kier molecular flexibility index (Phi) is 2.49. The lowest BCUT2D eigenvalue weighted by Gasteiger charge is -1.83. The first kappa shape index (κ1) is 7.33. The molecule has 1 N–H and O–H groups in total. The summed E-state index contributed by atoms with van der Waals surface area (Å²) >= 11 is 1.56. The van der Waals surface area contributed by atoms with Crippen LogP contribution in [0.3, 0.4) is 0 Å². The van der Waals surface area contributed by atoms with Crippen LogP contribution in [0.1, 0.15) is 9.75 Å². The van der Waals surface area contributed by atoms with E-state index in [1.807, 2.05) is 12.1 Å². The highest BCUT2D eigenvalue weighted by Crippen LogP contribution is 2.15. The van der Waals surface area contributed by atoms with E-state index in [2.05, 4.69) is 5.92 Å². The molecule has 0 saturated heterocycles. The van der Waals surface area contributed by atoms with Crippen LogP contribution >= 0.6 is 11.3 Å². The molecule has 0 fully saturated rings. The van der Waals surface area contributed by atoms with Gasteiger partial charge in [-0.1, -0.05) is 0 Å². The Morgan fingerprint density at radius 1 is 1.50 bits per heavy atom. The normalized spacial score (nSPS) is 9.20. The number of aliphatic hydroxyl groups is 1. The molecule has 2 heteroatoms. The van der Waals surface area contributed by atoms with Crippen LogP contribution in [0.25, 0.3) is 0 Å². The van der Waals surface area contributed by atoms with E-state index in [9.17, 15) is 0 Å². The average Bonchev–Trinajstić information content (AvgIpc) is 2.37. The van der Waals surface area contributed by atoms with Crippen LogP contribution in [0.15, 0.2) is 12.1 Å². The minimum atomic E-state index is 0.120. The molecule has 0 aliphatic rings. The van der Waals surface area contributed by atoms with Gasteiger partial charge in [-0.15, -0.1) is 23.7 Å². The highest BCUT2D eigenvalue weighted by Gasteiger charge is 1.95. The fourth-order valence-electron chi connectivity index (χ4n) is 0.703. The third-order valence-corrected chi connectivity index (χ3v) is 2.22. The first-order chi connectivity index (χ1) is 4.86. The first-order valence-corrected chi connectivity index (χ1v) is 3.80. The van der Waals surface area contributed by atoms with Crippen molar-refractivity contribution in [3.8, 4) is 12.3 Å². The van der Waals surface area contributed by atoms with Crippen LogP contribution in [-0.4, -0.2) is 5.11 Å². The van der Waals surface area contributed by atoms with Crippen LogP contribution < -0.4 is 0 Å². The van der Waals surface area contributed by atoms with Gasteiger partial charge >= 0.3 is 0 Å². The van der Waals surface area contributed by atoms with Crippen molar-refractivity contribution in [2.75, 3.05) is 0 Å². The van der Waals surface area contributed by atoms with E-state index in [0.717, 1.165) is 9.75 Å². The van der Waals surface area contributed by atoms with Crippen molar-refractivity contribution in [1.82, 2.24) is 0 Å². The smallest absolute Gasteiger partial charge is 0.0774 e. The predicted molar refractivity (Wildman–Crippen MR) is 42.8 cm³/mol. The van der Waals surface area contributed by atoms with Crippen molar-refractivity contribution in [2.45, 2.75) is 13.0 Å². The maximum atomic E-state index is 8.68. The van der Waals surface area contributed by atoms with Crippen LogP contribution in [0, 0.1) is 12.3 Å². The summed E-state index contributed by atoms with van der Waals surface area (Å²) in [6.45, 7) is 0.120. The summed E-state index contributed by atoms with van der Waals surface area (Å²) in [4.78, 5) is 2.12. The Hall–Kier alpha value is -0.780. The molecule has 0 atom stereocenters. The molecule has 1 nitrogen and oxygen atoms in total. The van der Waals surface area contributed by atoms with Gasteiger partial charge in [0.2, 0.25) is 0 Å². The third-order valence-electron chi connectivity index (χ3n) is 1.15. The zero-order valence-corrected chi connectivity index (χ0v) is 6.32. The second-order valence-electron chi connectivity index (χ2n) is 1.91. The van der Waals surface area contributed by atoms with Gasteiger partial charge in [-0.2, -0.15) is 0 Å². The van der Waals surface area contributed by atoms with Gasteiger partial charge in [0, 0.05) is 16.2 Å². The third kappa shape index (κ3) is 1.60. The molecule has 0 aromatic carbocycles. The molecule has 10 heavy (non-hydrogen) atoms. The summed E-state index contributed by atoms with van der Waals surface area (Å²) in [6, 6.07) is 3.85. The van der Waals surface area contributed by atoms with Gasteiger partial charge in [-0.05, 0) is 12.1 Å². The summed E-state index contributed by atoms with van der Waals surface area (Å²) < 4.78 is 0. The second-order valence-corrected chi connectivity index (χ2v) is 3.16. The van der Waals surface area contributed by atoms with Gasteiger partial charge in [0.15, 0.2) is 0 Å². The second kappa shape index (κ2) is 3.40. The van der Waals surface area contributed by atoms with Gasteiger partial charge in [0.25, 0.3) is 0 Å². The van der Waals surface area contributed by atoms with E-state index in [1.54, 1.807) is 11.3 Å². The van der Waals surface area contributed by atoms with Crippen molar-refractivity contribution in [1.29, 1.82) is 0 Å². The Bertz CT molecular complexity index is 244. The number of aliphatic hydroxyl groups excluding tert-OH is 1. The fraction of sp³-hybridized carbons (Fsp3) is 0.250. The molecule has 1 aromatic heterocycles. The minimum absolute atomic E-state index is 0.120.